The number of amides is 3. The monoisotopic (exact) mass is 543 g/mol. The van der Waals surface area contributed by atoms with Crippen molar-refractivity contribution in [3.05, 3.63) is 76.4 Å². The Morgan fingerprint density at radius 2 is 1.88 bits per heavy atom. The lowest BCUT2D eigenvalue weighted by molar-refractivity contribution is -0.133. The zero-order valence-corrected chi connectivity index (χ0v) is 22.3. The van der Waals surface area contributed by atoms with Crippen LogP contribution in [0.4, 0.5) is 10.1 Å². The number of nitrogens with zero attached hydrogens (tertiary/aromatic N) is 5. The normalized spacial score (nSPS) is 20.4. The van der Waals surface area contributed by atoms with Gasteiger partial charge in [-0.15, -0.1) is 0 Å². The fourth-order valence-electron chi connectivity index (χ4n) is 6.02. The van der Waals surface area contributed by atoms with Crippen LogP contribution in [0.1, 0.15) is 45.6 Å². The van der Waals surface area contributed by atoms with E-state index in [1.807, 2.05) is 17.0 Å². The molecule has 9 nitrogen and oxygen atoms in total. The van der Waals surface area contributed by atoms with Gasteiger partial charge in [-0.2, -0.15) is 5.10 Å². The summed E-state index contributed by atoms with van der Waals surface area (Å²) in [7, 11) is 1.70. The van der Waals surface area contributed by atoms with Crippen molar-refractivity contribution < 1.29 is 23.5 Å². The summed E-state index contributed by atoms with van der Waals surface area (Å²) in [5.74, 6) is 0.117. The number of hydrogen-bond acceptors (Lipinski definition) is 5. The number of carbonyl (C=O) groups excluding carboxylic acids is 3. The van der Waals surface area contributed by atoms with Crippen molar-refractivity contribution in [2.45, 2.75) is 44.8 Å². The maximum Gasteiger partial charge on any atom is 0.275 e. The molecule has 206 valence electrons. The Bertz CT molecular complexity index is 1550. The number of ether oxygens (including phenoxy) is 1. The molecule has 0 bridgehead atoms. The number of fused-ring (bicyclic) bond motifs is 3. The lowest BCUT2D eigenvalue weighted by Crippen LogP contribution is -2.54. The summed E-state index contributed by atoms with van der Waals surface area (Å²) in [4.78, 5) is 45.0. The molecule has 0 saturated heterocycles. The molecule has 0 unspecified atom stereocenters. The highest BCUT2D eigenvalue weighted by Gasteiger charge is 2.41. The SMILES string of the molecule is CN1C(=O)[C@@H](N2CCc3cn(Cc4ccccc4F)nc3C2=O)COc2cc3c(cc21)CN(C(=O)C1CC1)CC3. The van der Waals surface area contributed by atoms with Crippen molar-refractivity contribution >= 4 is 23.4 Å². The Labute approximate surface area is 231 Å². The Morgan fingerprint density at radius 1 is 1.07 bits per heavy atom. The Balaban J connectivity index is 1.11. The quantitative estimate of drug-likeness (QED) is 0.505. The van der Waals surface area contributed by atoms with Crippen molar-refractivity contribution in [1.82, 2.24) is 19.6 Å². The third-order valence-electron chi connectivity index (χ3n) is 8.49. The number of hydrogen-bond donors (Lipinski definition) is 0. The van der Waals surface area contributed by atoms with Crippen molar-refractivity contribution in [1.29, 1.82) is 0 Å². The highest BCUT2D eigenvalue weighted by Crippen LogP contribution is 2.38. The van der Waals surface area contributed by atoms with E-state index in [1.165, 1.54) is 6.07 Å². The van der Waals surface area contributed by atoms with Gasteiger partial charge in [-0.1, -0.05) is 18.2 Å². The molecular weight excluding hydrogens is 513 g/mol. The topological polar surface area (TPSA) is 88.0 Å². The van der Waals surface area contributed by atoms with E-state index in [-0.39, 0.29) is 48.3 Å². The van der Waals surface area contributed by atoms with Crippen LogP contribution < -0.4 is 9.64 Å². The van der Waals surface area contributed by atoms with Crippen LogP contribution in [-0.2, 0) is 35.5 Å². The molecule has 3 aliphatic heterocycles. The molecule has 1 saturated carbocycles. The summed E-state index contributed by atoms with van der Waals surface area (Å²) >= 11 is 0. The number of likely N-dealkylation sites (N-methyl/N-ethyl adjacent to an activating group) is 1. The summed E-state index contributed by atoms with van der Waals surface area (Å²) < 4.78 is 21.9. The molecule has 3 amide bonds. The third-order valence-corrected chi connectivity index (χ3v) is 8.49. The van der Waals surface area contributed by atoms with Gasteiger partial charge in [0.25, 0.3) is 11.8 Å². The zero-order valence-electron chi connectivity index (χ0n) is 22.3. The van der Waals surface area contributed by atoms with Gasteiger partial charge in [0.1, 0.15) is 24.2 Å². The summed E-state index contributed by atoms with van der Waals surface area (Å²) in [5.41, 5.74) is 4.36. The van der Waals surface area contributed by atoms with Gasteiger partial charge in [-0.05, 0) is 55.0 Å². The van der Waals surface area contributed by atoms with E-state index in [0.717, 1.165) is 36.0 Å². The highest BCUT2D eigenvalue weighted by atomic mass is 19.1. The Kier molecular flexibility index (Phi) is 5.87. The number of halogens is 1. The predicted molar refractivity (Wildman–Crippen MR) is 143 cm³/mol. The van der Waals surface area contributed by atoms with Crippen LogP contribution in [-0.4, -0.2) is 70.1 Å². The minimum Gasteiger partial charge on any atom is -0.489 e. The number of aromatic nitrogens is 2. The van der Waals surface area contributed by atoms with Gasteiger partial charge in [0.05, 0.1) is 12.2 Å². The van der Waals surface area contributed by atoms with Crippen LogP contribution in [0.3, 0.4) is 0 Å². The Hall–Kier alpha value is -4.21. The van der Waals surface area contributed by atoms with Crippen LogP contribution in [0.5, 0.6) is 5.75 Å². The number of anilines is 1. The molecule has 1 fully saturated rings. The summed E-state index contributed by atoms with van der Waals surface area (Å²) in [6, 6.07) is 9.63. The molecule has 0 radical (unpaired) electrons. The second-order valence-electron chi connectivity index (χ2n) is 11.1. The van der Waals surface area contributed by atoms with E-state index in [9.17, 15) is 18.8 Å². The molecule has 7 rings (SSSR count). The number of benzene rings is 2. The molecule has 10 heteroatoms. The lowest BCUT2D eigenvalue weighted by Gasteiger charge is -2.33. The summed E-state index contributed by atoms with van der Waals surface area (Å²) in [5, 5.41) is 4.47. The fraction of sp³-hybridized carbons (Fsp3) is 0.400. The van der Waals surface area contributed by atoms with Crippen molar-refractivity contribution in [2.24, 2.45) is 5.92 Å². The number of rotatable bonds is 4. The summed E-state index contributed by atoms with van der Waals surface area (Å²) in [6.07, 6.45) is 5.02. The maximum atomic E-state index is 14.2. The van der Waals surface area contributed by atoms with Crippen molar-refractivity contribution in [3.63, 3.8) is 0 Å². The molecule has 1 atom stereocenters. The highest BCUT2D eigenvalue weighted by molar-refractivity contribution is 6.03. The molecule has 4 aliphatic rings. The largest absolute Gasteiger partial charge is 0.489 e. The maximum absolute atomic E-state index is 14.2. The molecule has 0 spiro atoms. The van der Waals surface area contributed by atoms with Crippen molar-refractivity contribution in [2.75, 3.05) is 31.6 Å². The molecule has 1 aromatic heterocycles. The zero-order chi connectivity index (χ0) is 27.5. The Morgan fingerprint density at radius 3 is 2.67 bits per heavy atom. The van der Waals surface area contributed by atoms with E-state index < -0.39 is 6.04 Å². The second kappa shape index (κ2) is 9.46. The smallest absolute Gasteiger partial charge is 0.275 e. The predicted octanol–water partition coefficient (Wildman–Crippen LogP) is 2.79. The minimum atomic E-state index is -0.806. The van der Waals surface area contributed by atoms with Gasteiger partial charge in [-0.3, -0.25) is 19.1 Å². The summed E-state index contributed by atoms with van der Waals surface area (Å²) in [6.45, 7) is 1.83. The van der Waals surface area contributed by atoms with Gasteiger partial charge < -0.3 is 19.4 Å². The van der Waals surface area contributed by atoms with Crippen LogP contribution in [0.15, 0.2) is 42.6 Å². The average Bonchev–Trinajstić information content (AvgIpc) is 3.74. The van der Waals surface area contributed by atoms with Crippen LogP contribution in [0, 0.1) is 11.7 Å². The first-order valence-electron chi connectivity index (χ1n) is 13.8. The van der Waals surface area contributed by atoms with E-state index in [0.29, 0.717) is 43.1 Å². The third kappa shape index (κ3) is 4.22. The molecule has 40 heavy (non-hydrogen) atoms. The first-order chi connectivity index (χ1) is 19.4. The van der Waals surface area contributed by atoms with Crippen molar-refractivity contribution in [3.8, 4) is 5.75 Å². The molecule has 1 aliphatic carbocycles. The van der Waals surface area contributed by atoms with E-state index >= 15 is 0 Å². The average molecular weight is 544 g/mol. The first-order valence-corrected chi connectivity index (χ1v) is 13.8. The fourth-order valence-corrected chi connectivity index (χ4v) is 6.02. The second-order valence-corrected chi connectivity index (χ2v) is 11.1. The van der Waals surface area contributed by atoms with E-state index in [2.05, 4.69) is 5.10 Å². The molecular formula is C30H30FN5O4. The standard InChI is InChI=1S/C30H30FN5O4/c1-33-24-12-22-14-34(28(37)18-6-7-18)10-8-19(22)13-26(24)40-17-25(29(33)38)36-11-9-21-16-35(32-27(21)30(36)39)15-20-4-2-3-5-23(20)31/h2-5,12-13,16,18,25H,6-11,14-15,17H2,1H3/t25-/m0/s1. The van der Waals surface area contributed by atoms with Gasteiger partial charge in [0, 0.05) is 49.9 Å². The molecule has 2 aromatic carbocycles. The molecule has 4 heterocycles. The van der Waals surface area contributed by atoms with Gasteiger partial charge in [0.2, 0.25) is 5.91 Å². The minimum absolute atomic E-state index is 0.0399. The van der Waals surface area contributed by atoms with Gasteiger partial charge in [-0.25, -0.2) is 4.39 Å². The first kappa shape index (κ1) is 24.8. The van der Waals surface area contributed by atoms with Crippen LogP contribution >= 0.6 is 0 Å². The molecule has 0 N–H and O–H groups in total. The van der Waals surface area contributed by atoms with Crippen LogP contribution in [0.25, 0.3) is 0 Å². The molecule has 3 aromatic rings. The van der Waals surface area contributed by atoms with E-state index in [4.69, 9.17) is 4.74 Å². The lowest BCUT2D eigenvalue weighted by atomic mass is 9.97. The van der Waals surface area contributed by atoms with Gasteiger partial charge >= 0.3 is 0 Å². The number of carbonyl (C=O) groups is 3. The van der Waals surface area contributed by atoms with Crippen LogP contribution in [0.2, 0.25) is 0 Å². The van der Waals surface area contributed by atoms with E-state index in [1.54, 1.807) is 45.9 Å². The van der Waals surface area contributed by atoms with Gasteiger partial charge in [0.15, 0.2) is 5.69 Å².